The molecule has 2 unspecified atom stereocenters. The molecule has 0 amide bonds. The van der Waals surface area contributed by atoms with Crippen molar-refractivity contribution in [2.75, 3.05) is 6.61 Å². The number of halogens is 2. The van der Waals surface area contributed by atoms with Crippen molar-refractivity contribution in [3.8, 4) is 5.75 Å². The Morgan fingerprint density at radius 2 is 1.82 bits per heavy atom. The minimum absolute atomic E-state index is 0. The highest BCUT2D eigenvalue weighted by Gasteiger charge is 2.58. The van der Waals surface area contributed by atoms with Crippen LogP contribution in [0.5, 0.6) is 5.75 Å². The van der Waals surface area contributed by atoms with E-state index in [1.165, 1.54) is 11.0 Å². The summed E-state index contributed by atoms with van der Waals surface area (Å²) in [5.41, 5.74) is -0.503. The van der Waals surface area contributed by atoms with Crippen molar-refractivity contribution < 1.29 is 14.2 Å². The van der Waals surface area contributed by atoms with E-state index in [0.717, 1.165) is 5.56 Å². The van der Waals surface area contributed by atoms with E-state index < -0.39 is 17.1 Å². The van der Waals surface area contributed by atoms with Gasteiger partial charge in [-0.2, -0.15) is 5.10 Å². The fourth-order valence-electron chi connectivity index (χ4n) is 3.65. The molecular formula is C23H28Cl2N3O3PS2. The lowest BCUT2D eigenvalue weighted by atomic mass is 9.89. The first-order valence-electron chi connectivity index (χ1n) is 10.5. The molecule has 1 aromatic heterocycles. The van der Waals surface area contributed by atoms with E-state index >= 15 is 0 Å². The molecule has 1 aliphatic carbocycles. The van der Waals surface area contributed by atoms with Crippen LogP contribution in [-0.2, 0) is 29.3 Å². The van der Waals surface area contributed by atoms with Gasteiger partial charge < -0.3 is 14.2 Å². The Balaban J connectivity index is 0.00000324. The fraction of sp³-hybridized carbons (Fsp3) is 0.391. The Bertz CT molecular complexity index is 1230. The SMILES string of the molecule is C.CCOP(=S)(Oc1ccccc1)n1cnn(CC(O)(Cc2ccccc2Cl)C2(Cl)CC2)c1=S. The van der Waals surface area contributed by atoms with Crippen LogP contribution in [0.4, 0.5) is 0 Å². The summed E-state index contributed by atoms with van der Waals surface area (Å²) in [6.45, 7) is -0.776. The van der Waals surface area contributed by atoms with Gasteiger partial charge >= 0.3 is 6.64 Å². The Morgan fingerprint density at radius 3 is 2.44 bits per heavy atom. The summed E-state index contributed by atoms with van der Waals surface area (Å²) in [5.74, 6) is 0.580. The first-order valence-corrected chi connectivity index (χ1v) is 14.2. The molecule has 2 atom stereocenters. The lowest BCUT2D eigenvalue weighted by Crippen LogP contribution is -2.47. The Hall–Kier alpha value is -1.25. The third-order valence-corrected chi connectivity index (χ3v) is 10.2. The molecule has 1 N–H and O–H groups in total. The molecule has 11 heteroatoms. The smallest absolute Gasteiger partial charge is 0.349 e. The predicted molar refractivity (Wildman–Crippen MR) is 144 cm³/mol. The zero-order valence-electron chi connectivity index (χ0n) is 17.9. The molecule has 6 nitrogen and oxygen atoms in total. The monoisotopic (exact) mass is 559 g/mol. The van der Waals surface area contributed by atoms with Crippen molar-refractivity contribution in [3.63, 3.8) is 0 Å². The van der Waals surface area contributed by atoms with Crippen LogP contribution in [0.25, 0.3) is 0 Å². The highest BCUT2D eigenvalue weighted by atomic mass is 35.5. The molecule has 0 aliphatic heterocycles. The number of hydrogen-bond acceptors (Lipinski definition) is 6. The standard InChI is InChI=1S/C22H24Cl2N3O3PS2.CH4/c1-2-29-31(33,30-18-9-4-3-5-10-18)27-16-25-26(20(27)32)15-22(28,21(24)12-13-21)14-17-8-6-7-11-19(17)23;/h3-11,16,28H,2,12-15H2,1H3;1H4. The minimum atomic E-state index is -3.05. The van der Waals surface area contributed by atoms with Gasteiger partial charge in [0.25, 0.3) is 0 Å². The minimum Gasteiger partial charge on any atom is -0.428 e. The van der Waals surface area contributed by atoms with Crippen molar-refractivity contribution in [2.45, 2.75) is 50.6 Å². The van der Waals surface area contributed by atoms with Crippen LogP contribution in [0.15, 0.2) is 60.9 Å². The van der Waals surface area contributed by atoms with Gasteiger partial charge in [-0.15, -0.1) is 11.6 Å². The average molecular weight is 561 g/mol. The number of rotatable bonds is 10. The molecule has 1 fully saturated rings. The number of para-hydroxylation sites is 1. The molecule has 0 bridgehead atoms. The Morgan fingerprint density at radius 1 is 1.18 bits per heavy atom. The first-order chi connectivity index (χ1) is 15.7. The molecule has 34 heavy (non-hydrogen) atoms. The van der Waals surface area contributed by atoms with Crippen LogP contribution >= 0.6 is 42.1 Å². The summed E-state index contributed by atoms with van der Waals surface area (Å²) in [6.07, 6.45) is 3.16. The summed E-state index contributed by atoms with van der Waals surface area (Å²) in [7, 11) is 0. The normalized spacial score (nSPS) is 17.8. The molecule has 0 saturated heterocycles. The quantitative estimate of drug-likeness (QED) is 0.171. The van der Waals surface area contributed by atoms with Gasteiger partial charge in [0.2, 0.25) is 4.77 Å². The molecule has 2 aromatic carbocycles. The van der Waals surface area contributed by atoms with E-state index in [4.69, 9.17) is 56.3 Å². The molecule has 0 spiro atoms. The fourth-order valence-corrected chi connectivity index (χ4v) is 7.11. The van der Waals surface area contributed by atoms with E-state index in [1.54, 1.807) is 22.5 Å². The van der Waals surface area contributed by atoms with Gasteiger partial charge in [0.15, 0.2) is 0 Å². The Kier molecular flexibility index (Phi) is 8.68. The summed E-state index contributed by atoms with van der Waals surface area (Å²) >= 11 is 24.6. The summed E-state index contributed by atoms with van der Waals surface area (Å²) in [6, 6.07) is 16.6. The zero-order valence-corrected chi connectivity index (χ0v) is 22.0. The van der Waals surface area contributed by atoms with Gasteiger partial charge in [0.1, 0.15) is 17.7 Å². The van der Waals surface area contributed by atoms with Crippen LogP contribution in [0.3, 0.4) is 0 Å². The third kappa shape index (κ3) is 5.59. The zero-order chi connectivity index (χ0) is 23.7. The second-order valence-electron chi connectivity index (χ2n) is 7.97. The molecule has 1 heterocycles. The summed E-state index contributed by atoms with van der Waals surface area (Å²) < 4.78 is 15.4. The first kappa shape index (κ1) is 27.3. The lowest BCUT2D eigenvalue weighted by Gasteiger charge is -2.33. The third-order valence-electron chi connectivity index (χ3n) is 5.61. The topological polar surface area (TPSA) is 61.4 Å². The molecule has 1 saturated carbocycles. The van der Waals surface area contributed by atoms with E-state index in [1.807, 2.05) is 43.3 Å². The van der Waals surface area contributed by atoms with Gasteiger partial charge in [0, 0.05) is 11.4 Å². The van der Waals surface area contributed by atoms with Crippen molar-refractivity contribution in [2.24, 2.45) is 0 Å². The Labute approximate surface area is 220 Å². The molecular weight excluding hydrogens is 532 g/mol. The van der Waals surface area contributed by atoms with Crippen molar-refractivity contribution in [1.29, 1.82) is 0 Å². The van der Waals surface area contributed by atoms with Crippen LogP contribution in [0.1, 0.15) is 32.8 Å². The molecule has 4 rings (SSSR count). The van der Waals surface area contributed by atoms with Crippen LogP contribution in [0, 0.1) is 4.77 Å². The lowest BCUT2D eigenvalue weighted by molar-refractivity contribution is 0.00723. The maximum absolute atomic E-state index is 11.7. The molecule has 184 valence electrons. The maximum Gasteiger partial charge on any atom is 0.349 e. The highest BCUT2D eigenvalue weighted by molar-refractivity contribution is 8.09. The number of benzene rings is 2. The predicted octanol–water partition coefficient (Wildman–Crippen LogP) is 6.64. The van der Waals surface area contributed by atoms with Crippen LogP contribution < -0.4 is 4.52 Å². The van der Waals surface area contributed by atoms with E-state index in [-0.39, 0.29) is 20.4 Å². The molecule has 0 radical (unpaired) electrons. The second-order valence-corrected chi connectivity index (χ2v) is 12.7. The number of alkyl halides is 1. The number of nitrogens with zero attached hydrogens (tertiary/aromatic N) is 3. The maximum atomic E-state index is 11.7. The van der Waals surface area contributed by atoms with Gasteiger partial charge in [-0.1, -0.05) is 55.4 Å². The van der Waals surface area contributed by atoms with Crippen LogP contribution in [0.2, 0.25) is 5.02 Å². The highest BCUT2D eigenvalue weighted by Crippen LogP contribution is 2.54. The number of aliphatic hydroxyl groups is 1. The van der Waals surface area contributed by atoms with Crippen molar-refractivity contribution in [1.82, 2.24) is 14.1 Å². The largest absolute Gasteiger partial charge is 0.428 e. The second kappa shape index (κ2) is 10.8. The molecule has 1 aliphatic rings. The van der Waals surface area contributed by atoms with E-state index in [9.17, 15) is 5.11 Å². The number of aromatic nitrogens is 3. The van der Waals surface area contributed by atoms with Gasteiger partial charge in [0.05, 0.1) is 18.0 Å². The van der Waals surface area contributed by atoms with Crippen molar-refractivity contribution >= 4 is 53.9 Å². The van der Waals surface area contributed by atoms with Crippen LogP contribution in [-0.4, -0.2) is 36.3 Å². The van der Waals surface area contributed by atoms with Gasteiger partial charge in [-0.3, -0.25) is 0 Å². The number of hydrogen-bond donors (Lipinski definition) is 1. The molecule has 3 aromatic rings. The van der Waals surface area contributed by atoms with Crippen molar-refractivity contribution in [3.05, 3.63) is 76.3 Å². The van der Waals surface area contributed by atoms with Gasteiger partial charge in [-0.25, -0.2) is 9.02 Å². The summed E-state index contributed by atoms with van der Waals surface area (Å²) in [5, 5.41) is 16.7. The summed E-state index contributed by atoms with van der Waals surface area (Å²) in [4.78, 5) is -0.772. The van der Waals surface area contributed by atoms with E-state index in [0.29, 0.717) is 35.0 Å². The van der Waals surface area contributed by atoms with Gasteiger partial charge in [-0.05, 0) is 67.6 Å². The van der Waals surface area contributed by atoms with E-state index in [2.05, 4.69) is 5.10 Å². The average Bonchev–Trinajstić information content (AvgIpc) is 3.44.